The van der Waals surface area contributed by atoms with Gasteiger partial charge in [0, 0.05) is 50.7 Å². The Balaban J connectivity index is 0.00000196. The van der Waals surface area contributed by atoms with Crippen molar-refractivity contribution in [2.45, 2.75) is 38.8 Å². The maximum Gasteiger partial charge on any atom is 0.222 e. The first-order valence-corrected chi connectivity index (χ1v) is 9.65. The average molecular weight is 430 g/mol. The first-order chi connectivity index (χ1) is 12.6. The topological polar surface area (TPSA) is 58.8 Å². The van der Waals surface area contributed by atoms with Gasteiger partial charge in [0.2, 0.25) is 5.91 Å². The lowest BCUT2D eigenvalue weighted by atomic mass is 9.83. The van der Waals surface area contributed by atoms with Crippen molar-refractivity contribution < 1.29 is 9.53 Å². The molecule has 2 aliphatic rings. The molecule has 0 spiro atoms. The summed E-state index contributed by atoms with van der Waals surface area (Å²) >= 11 is 0. The van der Waals surface area contributed by atoms with Crippen LogP contribution >= 0.6 is 24.8 Å². The Morgan fingerprint density at radius 2 is 2.04 bits per heavy atom. The molecule has 0 aliphatic carbocycles. The Labute approximate surface area is 181 Å². The van der Waals surface area contributed by atoms with Crippen LogP contribution in [0.2, 0.25) is 0 Å². The van der Waals surface area contributed by atoms with Crippen molar-refractivity contribution in [3.8, 4) is 5.75 Å². The number of benzene rings is 1. The predicted molar refractivity (Wildman–Crippen MR) is 118 cm³/mol. The van der Waals surface area contributed by atoms with Crippen LogP contribution in [0.25, 0.3) is 0 Å². The van der Waals surface area contributed by atoms with Crippen LogP contribution in [0, 0.1) is 5.92 Å². The van der Waals surface area contributed by atoms with E-state index in [-0.39, 0.29) is 30.7 Å². The quantitative estimate of drug-likeness (QED) is 0.675. The van der Waals surface area contributed by atoms with E-state index in [0.29, 0.717) is 38.1 Å². The molecule has 2 aliphatic heterocycles. The number of nitrogens with two attached hydrogens (primary N) is 1. The number of fused-ring (bicyclic) bond motifs is 1. The number of carbonyl (C=O) groups is 1. The van der Waals surface area contributed by atoms with E-state index in [1.54, 1.807) is 0 Å². The summed E-state index contributed by atoms with van der Waals surface area (Å²) in [6.45, 7) is 10.6. The van der Waals surface area contributed by atoms with Gasteiger partial charge >= 0.3 is 0 Å². The smallest absolute Gasteiger partial charge is 0.222 e. The maximum atomic E-state index is 12.2. The summed E-state index contributed by atoms with van der Waals surface area (Å²) in [5, 5.41) is 0. The van der Waals surface area contributed by atoms with Crippen molar-refractivity contribution in [3.05, 3.63) is 42.0 Å². The highest BCUT2D eigenvalue weighted by molar-refractivity contribution is 5.85. The van der Waals surface area contributed by atoms with Gasteiger partial charge in [-0.2, -0.15) is 0 Å². The zero-order chi connectivity index (χ0) is 18.5. The molecule has 3 rings (SSSR count). The number of hydrogen-bond acceptors (Lipinski definition) is 4. The highest BCUT2D eigenvalue weighted by Crippen LogP contribution is 2.32. The third kappa shape index (κ3) is 6.11. The van der Waals surface area contributed by atoms with Crippen LogP contribution in [0.15, 0.2) is 36.4 Å². The normalized spacial score (nSPS) is 21.9. The summed E-state index contributed by atoms with van der Waals surface area (Å²) in [6, 6.07) is 8.63. The van der Waals surface area contributed by atoms with E-state index < -0.39 is 0 Å². The van der Waals surface area contributed by atoms with Crippen LogP contribution in [0.3, 0.4) is 0 Å². The largest absolute Gasteiger partial charge is 0.489 e. The fourth-order valence-corrected chi connectivity index (χ4v) is 4.22. The van der Waals surface area contributed by atoms with Crippen LogP contribution < -0.4 is 10.5 Å². The molecule has 0 bridgehead atoms. The molecule has 1 aromatic rings. The molecule has 2 atom stereocenters. The Kier molecular flexibility index (Phi) is 10.3. The van der Waals surface area contributed by atoms with Crippen molar-refractivity contribution >= 4 is 30.7 Å². The molecular weight excluding hydrogens is 397 g/mol. The number of likely N-dealkylation sites (tertiary alicyclic amines) is 2. The molecule has 28 heavy (non-hydrogen) atoms. The molecule has 158 valence electrons. The Bertz CT molecular complexity index is 656. The molecular formula is C21H33Cl2N3O2. The molecule has 1 amide bonds. The Hall–Kier alpha value is -1.27. The van der Waals surface area contributed by atoms with Crippen molar-refractivity contribution in [2.75, 3.05) is 32.8 Å². The van der Waals surface area contributed by atoms with E-state index >= 15 is 0 Å². The van der Waals surface area contributed by atoms with E-state index in [9.17, 15) is 4.79 Å². The van der Waals surface area contributed by atoms with E-state index in [1.807, 2.05) is 24.0 Å². The zero-order valence-electron chi connectivity index (χ0n) is 16.6. The van der Waals surface area contributed by atoms with Gasteiger partial charge < -0.3 is 15.4 Å². The third-order valence-corrected chi connectivity index (χ3v) is 5.44. The first kappa shape index (κ1) is 24.8. The molecule has 0 unspecified atom stereocenters. The summed E-state index contributed by atoms with van der Waals surface area (Å²) < 4.78 is 5.92. The van der Waals surface area contributed by atoms with Gasteiger partial charge in [-0.1, -0.05) is 24.8 Å². The number of para-hydroxylation sites is 1. The second-order valence-electron chi connectivity index (χ2n) is 7.62. The molecule has 2 heterocycles. The lowest BCUT2D eigenvalue weighted by molar-refractivity contribution is -0.141. The third-order valence-electron chi connectivity index (χ3n) is 5.44. The van der Waals surface area contributed by atoms with E-state index in [2.05, 4.69) is 23.6 Å². The SMILES string of the molecule is C=C(C)COc1ccccc1CN1CC[C@@H]2[C@@H](CCC(=O)N2CCN)C1.Cl.Cl. The van der Waals surface area contributed by atoms with Gasteiger partial charge in [-0.25, -0.2) is 0 Å². The van der Waals surface area contributed by atoms with Gasteiger partial charge in [-0.15, -0.1) is 24.8 Å². The number of amides is 1. The van der Waals surface area contributed by atoms with Crippen molar-refractivity contribution in [1.29, 1.82) is 0 Å². The average Bonchev–Trinajstić information content (AvgIpc) is 2.63. The Morgan fingerprint density at radius 1 is 1.29 bits per heavy atom. The summed E-state index contributed by atoms with van der Waals surface area (Å²) in [7, 11) is 0. The number of piperidine rings is 2. The second-order valence-corrected chi connectivity index (χ2v) is 7.62. The van der Waals surface area contributed by atoms with E-state index in [1.165, 1.54) is 5.56 Å². The summed E-state index contributed by atoms with van der Waals surface area (Å²) in [6.07, 6.45) is 2.69. The van der Waals surface area contributed by atoms with Crippen LogP contribution in [0.4, 0.5) is 0 Å². The number of carbonyl (C=O) groups excluding carboxylic acids is 1. The lowest BCUT2D eigenvalue weighted by Crippen LogP contribution is -2.56. The molecule has 2 saturated heterocycles. The van der Waals surface area contributed by atoms with E-state index in [4.69, 9.17) is 10.5 Å². The van der Waals surface area contributed by atoms with Gasteiger partial charge in [0.15, 0.2) is 0 Å². The molecule has 2 N–H and O–H groups in total. The van der Waals surface area contributed by atoms with Crippen LogP contribution in [-0.4, -0.2) is 54.5 Å². The van der Waals surface area contributed by atoms with Crippen LogP contribution in [0.5, 0.6) is 5.75 Å². The molecule has 0 saturated carbocycles. The van der Waals surface area contributed by atoms with Gasteiger partial charge in [0.25, 0.3) is 0 Å². The van der Waals surface area contributed by atoms with E-state index in [0.717, 1.165) is 43.8 Å². The molecule has 2 fully saturated rings. The molecule has 5 nitrogen and oxygen atoms in total. The number of halogens is 2. The molecule has 0 aromatic heterocycles. The number of rotatable bonds is 7. The van der Waals surface area contributed by atoms with Crippen LogP contribution in [0.1, 0.15) is 31.7 Å². The summed E-state index contributed by atoms with van der Waals surface area (Å²) in [5.41, 5.74) is 7.96. The van der Waals surface area contributed by atoms with Gasteiger partial charge in [-0.3, -0.25) is 9.69 Å². The highest BCUT2D eigenvalue weighted by Gasteiger charge is 2.38. The summed E-state index contributed by atoms with van der Waals surface area (Å²) in [4.78, 5) is 16.8. The summed E-state index contributed by atoms with van der Waals surface area (Å²) in [5.74, 6) is 1.78. The minimum absolute atomic E-state index is 0. The maximum absolute atomic E-state index is 12.2. The lowest BCUT2D eigenvalue weighted by Gasteiger charge is -2.47. The number of ether oxygens (including phenoxy) is 1. The zero-order valence-corrected chi connectivity index (χ0v) is 18.3. The van der Waals surface area contributed by atoms with Crippen LogP contribution in [-0.2, 0) is 11.3 Å². The molecule has 1 aromatic carbocycles. The van der Waals surface area contributed by atoms with Gasteiger partial charge in [0.05, 0.1) is 0 Å². The molecule has 7 heteroatoms. The second kappa shape index (κ2) is 11.7. The van der Waals surface area contributed by atoms with Crippen molar-refractivity contribution in [2.24, 2.45) is 11.7 Å². The first-order valence-electron chi connectivity index (χ1n) is 9.65. The molecule has 0 radical (unpaired) electrons. The van der Waals surface area contributed by atoms with Gasteiger partial charge in [-0.05, 0) is 37.3 Å². The Morgan fingerprint density at radius 3 is 2.75 bits per heavy atom. The monoisotopic (exact) mass is 429 g/mol. The standard InChI is InChI=1S/C21H31N3O2.2ClH/c1-16(2)15-26-20-6-4-3-5-18(20)14-23-11-9-19-17(13-23)7-8-21(25)24(19)12-10-22;;/h3-6,17,19H,1,7-15,22H2,2H3;2*1H/t17-,19+;;/m0../s1. The predicted octanol–water partition coefficient (Wildman–Crippen LogP) is 3.26. The number of nitrogens with zero attached hydrogens (tertiary/aromatic N) is 2. The fourth-order valence-electron chi connectivity index (χ4n) is 4.22. The van der Waals surface area contributed by atoms with Crippen molar-refractivity contribution in [1.82, 2.24) is 9.80 Å². The number of hydrogen-bond donors (Lipinski definition) is 1. The highest BCUT2D eigenvalue weighted by atomic mass is 35.5. The fraction of sp³-hybridized carbons (Fsp3) is 0.571. The van der Waals surface area contributed by atoms with Crippen molar-refractivity contribution in [3.63, 3.8) is 0 Å². The minimum Gasteiger partial charge on any atom is -0.489 e. The van der Waals surface area contributed by atoms with Gasteiger partial charge in [0.1, 0.15) is 12.4 Å². The minimum atomic E-state index is 0.